The molecular weight excluding hydrogens is 452 g/mol. The standard InChI is InChI=1S/C24H27ClO6S/c1-3-13-4-7-20-15(8-13)11-17(32-20)10-14-9-16(5-6-18(14)25)24(30-2)23(29)22(28)21(27)19(12-26)31-24/h4-9,11,19,21-23,26-29H,3,10,12H2,1-2H3/t19?,21-,22?,23-,24+/m1/s1. The van der Waals surface area contributed by atoms with Crippen molar-refractivity contribution in [3.63, 3.8) is 0 Å². The zero-order chi connectivity index (χ0) is 23.0. The van der Waals surface area contributed by atoms with E-state index >= 15 is 0 Å². The fourth-order valence-electron chi connectivity index (χ4n) is 4.24. The second-order valence-electron chi connectivity index (χ2n) is 8.06. The second-order valence-corrected chi connectivity index (χ2v) is 9.63. The number of methoxy groups -OCH3 is 1. The van der Waals surface area contributed by atoms with Gasteiger partial charge in [-0.15, -0.1) is 11.3 Å². The fourth-order valence-corrected chi connectivity index (χ4v) is 5.49. The lowest BCUT2D eigenvalue weighted by Gasteiger charge is -2.47. The highest BCUT2D eigenvalue weighted by Crippen LogP contribution is 2.41. The molecule has 5 atom stereocenters. The predicted octanol–water partition coefficient (Wildman–Crippen LogP) is 2.98. The van der Waals surface area contributed by atoms with E-state index in [1.54, 1.807) is 29.5 Å². The van der Waals surface area contributed by atoms with Crippen molar-refractivity contribution in [2.75, 3.05) is 13.7 Å². The number of rotatable bonds is 6. The third-order valence-corrected chi connectivity index (χ3v) is 7.59. The molecule has 0 radical (unpaired) electrons. The zero-order valence-electron chi connectivity index (χ0n) is 17.9. The van der Waals surface area contributed by atoms with Crippen LogP contribution in [-0.4, -0.2) is 58.6 Å². The number of fused-ring (bicyclic) bond motifs is 1. The van der Waals surface area contributed by atoms with Gasteiger partial charge in [-0.05, 0) is 47.2 Å². The number of aliphatic hydroxyl groups is 4. The lowest BCUT2D eigenvalue weighted by Crippen LogP contribution is -2.64. The van der Waals surface area contributed by atoms with Crippen molar-refractivity contribution < 1.29 is 29.9 Å². The quantitative estimate of drug-likeness (QED) is 0.434. The van der Waals surface area contributed by atoms with Crippen LogP contribution in [-0.2, 0) is 28.1 Å². The lowest BCUT2D eigenvalue weighted by atomic mass is 9.87. The summed E-state index contributed by atoms with van der Waals surface area (Å²) in [7, 11) is 1.34. The molecule has 1 saturated heterocycles. The maximum Gasteiger partial charge on any atom is 0.224 e. The van der Waals surface area contributed by atoms with Crippen molar-refractivity contribution in [1.82, 2.24) is 0 Å². The number of hydrogen-bond donors (Lipinski definition) is 4. The van der Waals surface area contributed by atoms with Gasteiger partial charge in [0.15, 0.2) is 0 Å². The van der Waals surface area contributed by atoms with Crippen molar-refractivity contribution in [1.29, 1.82) is 0 Å². The van der Waals surface area contributed by atoms with E-state index in [-0.39, 0.29) is 0 Å². The molecule has 3 aromatic rings. The molecule has 32 heavy (non-hydrogen) atoms. The van der Waals surface area contributed by atoms with Gasteiger partial charge in [0.05, 0.1) is 6.61 Å². The minimum atomic E-state index is -1.76. The van der Waals surface area contributed by atoms with Gasteiger partial charge in [0.25, 0.3) is 0 Å². The topological polar surface area (TPSA) is 99.4 Å². The van der Waals surface area contributed by atoms with Crippen LogP contribution in [0, 0.1) is 0 Å². The Labute approximate surface area is 195 Å². The van der Waals surface area contributed by atoms with Crippen LogP contribution in [0.2, 0.25) is 5.02 Å². The molecular formula is C24H27ClO6S. The van der Waals surface area contributed by atoms with Crippen LogP contribution in [0.3, 0.4) is 0 Å². The number of thiophene rings is 1. The van der Waals surface area contributed by atoms with Crippen LogP contribution >= 0.6 is 22.9 Å². The van der Waals surface area contributed by atoms with Crippen molar-refractivity contribution in [3.8, 4) is 0 Å². The number of ether oxygens (including phenoxy) is 2. The van der Waals surface area contributed by atoms with E-state index in [0.29, 0.717) is 17.0 Å². The van der Waals surface area contributed by atoms with E-state index in [2.05, 4.69) is 31.2 Å². The van der Waals surface area contributed by atoms with E-state index in [0.717, 1.165) is 16.9 Å². The number of aliphatic hydroxyl groups excluding tert-OH is 4. The molecule has 0 bridgehead atoms. The van der Waals surface area contributed by atoms with Crippen LogP contribution in [0.5, 0.6) is 0 Å². The number of aryl methyl sites for hydroxylation is 1. The van der Waals surface area contributed by atoms with Gasteiger partial charge in [-0.2, -0.15) is 0 Å². The summed E-state index contributed by atoms with van der Waals surface area (Å²) in [6, 6.07) is 13.7. The smallest absolute Gasteiger partial charge is 0.224 e. The van der Waals surface area contributed by atoms with Gasteiger partial charge < -0.3 is 29.9 Å². The van der Waals surface area contributed by atoms with E-state index in [9.17, 15) is 20.4 Å². The van der Waals surface area contributed by atoms with E-state index in [1.807, 2.05) is 0 Å². The van der Waals surface area contributed by atoms with Gasteiger partial charge in [0.2, 0.25) is 5.79 Å². The highest BCUT2D eigenvalue weighted by molar-refractivity contribution is 7.19. The Morgan fingerprint density at radius 2 is 1.88 bits per heavy atom. The molecule has 2 heterocycles. The van der Waals surface area contributed by atoms with Crippen LogP contribution in [0.1, 0.15) is 28.5 Å². The first-order valence-corrected chi connectivity index (χ1v) is 11.7. The molecule has 0 aliphatic carbocycles. The monoisotopic (exact) mass is 478 g/mol. The molecule has 2 unspecified atom stereocenters. The van der Waals surface area contributed by atoms with Gasteiger partial charge in [0.1, 0.15) is 24.4 Å². The summed E-state index contributed by atoms with van der Waals surface area (Å²) in [5.41, 5.74) is 2.53. The van der Waals surface area contributed by atoms with Crippen molar-refractivity contribution in [2.45, 2.75) is 50.0 Å². The minimum Gasteiger partial charge on any atom is -0.394 e. The molecule has 0 saturated carbocycles. The maximum atomic E-state index is 10.7. The third-order valence-electron chi connectivity index (χ3n) is 6.11. The molecule has 1 aliphatic rings. The van der Waals surface area contributed by atoms with Crippen molar-refractivity contribution in [2.24, 2.45) is 0 Å². The summed E-state index contributed by atoms with van der Waals surface area (Å²) >= 11 is 8.19. The Bertz CT molecular complexity index is 1100. The number of halogens is 1. The molecule has 6 nitrogen and oxygen atoms in total. The molecule has 1 aliphatic heterocycles. The first-order valence-electron chi connectivity index (χ1n) is 10.5. The highest BCUT2D eigenvalue weighted by atomic mass is 35.5. The van der Waals surface area contributed by atoms with Gasteiger partial charge >= 0.3 is 0 Å². The highest BCUT2D eigenvalue weighted by Gasteiger charge is 2.55. The second kappa shape index (κ2) is 9.37. The number of hydrogen-bond acceptors (Lipinski definition) is 7. The first-order chi connectivity index (χ1) is 15.3. The average molecular weight is 479 g/mol. The van der Waals surface area contributed by atoms with Gasteiger partial charge in [0, 0.05) is 33.7 Å². The zero-order valence-corrected chi connectivity index (χ0v) is 19.4. The Balaban J connectivity index is 1.70. The Morgan fingerprint density at radius 3 is 2.56 bits per heavy atom. The van der Waals surface area contributed by atoms with Gasteiger partial charge in [-0.25, -0.2) is 0 Å². The van der Waals surface area contributed by atoms with Crippen LogP contribution in [0.15, 0.2) is 42.5 Å². The Kier molecular flexibility index (Phi) is 6.91. The summed E-state index contributed by atoms with van der Waals surface area (Å²) in [5, 5.41) is 42.6. The van der Waals surface area contributed by atoms with Crippen LogP contribution in [0.25, 0.3) is 10.1 Å². The molecule has 172 valence electrons. The molecule has 4 rings (SSSR count). The van der Waals surface area contributed by atoms with Gasteiger partial charge in [-0.3, -0.25) is 0 Å². The summed E-state index contributed by atoms with van der Waals surface area (Å²) in [6.45, 7) is 1.59. The molecule has 4 N–H and O–H groups in total. The molecule has 0 spiro atoms. The third kappa shape index (κ3) is 4.08. The largest absolute Gasteiger partial charge is 0.394 e. The van der Waals surface area contributed by atoms with E-state index in [4.69, 9.17) is 21.1 Å². The molecule has 2 aromatic carbocycles. The SMILES string of the molecule is CCc1ccc2sc(Cc3cc([C@]4(OC)OC(CO)[C@@H](O)C(O)[C@H]4O)ccc3Cl)cc2c1. The minimum absolute atomic E-state index is 0.436. The lowest BCUT2D eigenvalue weighted by molar-refractivity contribution is -0.366. The predicted molar refractivity (Wildman–Crippen MR) is 124 cm³/mol. The average Bonchev–Trinajstić information content (AvgIpc) is 3.21. The van der Waals surface area contributed by atoms with E-state index < -0.39 is 36.8 Å². The summed E-state index contributed by atoms with van der Waals surface area (Å²) in [5.74, 6) is -1.76. The van der Waals surface area contributed by atoms with Crippen molar-refractivity contribution >= 4 is 33.0 Å². The first kappa shape index (κ1) is 23.6. The summed E-state index contributed by atoms with van der Waals surface area (Å²) < 4.78 is 12.6. The number of benzene rings is 2. The molecule has 0 amide bonds. The fraction of sp³-hybridized carbons (Fsp3) is 0.417. The molecule has 1 aromatic heterocycles. The van der Waals surface area contributed by atoms with Crippen LogP contribution in [0.4, 0.5) is 0 Å². The normalized spacial score (nSPS) is 28.3. The molecule has 8 heteroatoms. The maximum absolute atomic E-state index is 10.7. The Morgan fingerprint density at radius 1 is 1.09 bits per heavy atom. The Hall–Kier alpha value is -1.55. The van der Waals surface area contributed by atoms with E-state index in [1.165, 1.54) is 22.8 Å². The van der Waals surface area contributed by atoms with Crippen molar-refractivity contribution in [3.05, 3.63) is 69.1 Å². The van der Waals surface area contributed by atoms with Crippen LogP contribution < -0.4 is 0 Å². The summed E-state index contributed by atoms with van der Waals surface area (Å²) in [6.07, 6.45) is -4.16. The molecule has 1 fully saturated rings. The summed E-state index contributed by atoms with van der Waals surface area (Å²) in [4.78, 5) is 1.13. The van der Waals surface area contributed by atoms with Gasteiger partial charge in [-0.1, -0.05) is 36.7 Å².